The normalized spacial score (nSPS) is 11.5. The van der Waals surface area contributed by atoms with Crippen LogP contribution in [0.3, 0.4) is 0 Å². The predicted octanol–water partition coefficient (Wildman–Crippen LogP) is 15.5. The zero-order chi connectivity index (χ0) is 38.6. The summed E-state index contributed by atoms with van der Waals surface area (Å²) in [5, 5.41) is 4.66. The van der Waals surface area contributed by atoms with Crippen molar-refractivity contribution in [3.63, 3.8) is 0 Å². The fraction of sp³-hybridized carbons (Fsp3) is 0.0182. The molecule has 9 aromatic carbocycles. The van der Waals surface area contributed by atoms with Crippen molar-refractivity contribution < 1.29 is 4.42 Å². The fourth-order valence-corrected chi connectivity index (χ4v) is 8.75. The molecule has 0 aliphatic rings. The van der Waals surface area contributed by atoms with Crippen molar-refractivity contribution in [2.24, 2.45) is 0 Å². The smallest absolute Gasteiger partial charge is 0.143 e. The topological polar surface area (TPSA) is 21.3 Å². The molecule has 0 fully saturated rings. The Morgan fingerprint density at radius 3 is 1.66 bits per heavy atom. The Morgan fingerprint density at radius 1 is 0.397 bits per heavy atom. The molecule has 274 valence electrons. The van der Waals surface area contributed by atoms with Crippen LogP contribution < -0.4 is 4.90 Å². The van der Waals surface area contributed by atoms with E-state index in [1.165, 1.54) is 49.6 Å². The molecule has 0 N–H and O–H groups in total. The lowest BCUT2D eigenvalue weighted by Crippen LogP contribution is -2.11. The number of hydrogen-bond acceptors (Lipinski definition) is 2. The summed E-state index contributed by atoms with van der Waals surface area (Å²) in [6.07, 6.45) is 0. The molecule has 0 radical (unpaired) electrons. The number of aryl methyl sites for hydroxylation is 1. The highest BCUT2D eigenvalue weighted by Crippen LogP contribution is 2.45. The van der Waals surface area contributed by atoms with Gasteiger partial charge >= 0.3 is 0 Å². The van der Waals surface area contributed by atoms with Crippen LogP contribution in [0.1, 0.15) is 5.56 Å². The van der Waals surface area contributed by atoms with Crippen molar-refractivity contribution in [2.45, 2.75) is 6.92 Å². The first kappa shape index (κ1) is 33.7. The van der Waals surface area contributed by atoms with Gasteiger partial charge in [-0.25, -0.2) is 0 Å². The summed E-state index contributed by atoms with van der Waals surface area (Å²) < 4.78 is 9.16. The summed E-state index contributed by atoms with van der Waals surface area (Å²) >= 11 is 0. The van der Waals surface area contributed by atoms with E-state index in [0.29, 0.717) is 0 Å². The molecular formula is C55H38N2O. The third kappa shape index (κ3) is 5.67. The first-order chi connectivity index (χ1) is 28.7. The van der Waals surface area contributed by atoms with Crippen molar-refractivity contribution in [1.29, 1.82) is 0 Å². The van der Waals surface area contributed by atoms with Crippen LogP contribution in [0, 0.1) is 6.92 Å². The third-order valence-corrected chi connectivity index (χ3v) is 11.5. The summed E-state index contributed by atoms with van der Waals surface area (Å²) in [6, 6.07) is 76.2. The van der Waals surface area contributed by atoms with E-state index in [9.17, 15) is 0 Å². The molecule has 58 heavy (non-hydrogen) atoms. The Kier molecular flexibility index (Phi) is 8.04. The number of benzene rings is 9. The summed E-state index contributed by atoms with van der Waals surface area (Å²) in [4.78, 5) is 2.40. The maximum Gasteiger partial charge on any atom is 0.143 e. The van der Waals surface area contributed by atoms with E-state index in [4.69, 9.17) is 4.42 Å². The van der Waals surface area contributed by atoms with Gasteiger partial charge in [-0.05, 0) is 107 Å². The molecule has 2 heterocycles. The summed E-state index contributed by atoms with van der Waals surface area (Å²) in [7, 11) is 0. The van der Waals surface area contributed by atoms with E-state index in [-0.39, 0.29) is 0 Å². The van der Waals surface area contributed by atoms with Gasteiger partial charge in [-0.1, -0.05) is 146 Å². The number of fused-ring (bicyclic) bond motifs is 6. The minimum atomic E-state index is 0.872. The molecule has 11 rings (SSSR count). The van der Waals surface area contributed by atoms with Gasteiger partial charge in [0.25, 0.3) is 0 Å². The summed E-state index contributed by atoms with van der Waals surface area (Å²) in [6.45, 7) is 2.22. The van der Waals surface area contributed by atoms with Crippen LogP contribution in [-0.2, 0) is 0 Å². The zero-order valence-corrected chi connectivity index (χ0v) is 32.0. The number of anilines is 3. The van der Waals surface area contributed by atoms with E-state index in [1.807, 2.05) is 6.07 Å². The van der Waals surface area contributed by atoms with Crippen LogP contribution in [0.4, 0.5) is 17.1 Å². The molecule has 11 aromatic rings. The standard InChI is InChI=1S/C55H38N2O/c1-37-33-41(39-17-6-3-7-18-39)29-32-51(37)56(43-30-27-40(28-31-43)38-15-4-2-5-16-38)45-35-49(55-50(36-45)48-23-10-13-26-54(48)58-55)42-19-14-20-44(34-42)57-52-24-11-8-21-46(52)47-22-9-12-25-53(47)57/h2-36H,1H3. The van der Waals surface area contributed by atoms with Gasteiger partial charge in [-0.2, -0.15) is 0 Å². The van der Waals surface area contributed by atoms with Crippen LogP contribution >= 0.6 is 0 Å². The lowest BCUT2D eigenvalue weighted by molar-refractivity contribution is 0.670. The number of furan rings is 1. The number of para-hydroxylation sites is 3. The van der Waals surface area contributed by atoms with Crippen LogP contribution in [-0.4, -0.2) is 4.57 Å². The molecular weight excluding hydrogens is 705 g/mol. The molecule has 0 aliphatic heterocycles. The molecule has 0 spiro atoms. The first-order valence-electron chi connectivity index (χ1n) is 19.8. The maximum absolute atomic E-state index is 6.78. The second kappa shape index (κ2) is 13.8. The van der Waals surface area contributed by atoms with E-state index >= 15 is 0 Å². The van der Waals surface area contributed by atoms with Crippen LogP contribution in [0.15, 0.2) is 217 Å². The lowest BCUT2D eigenvalue weighted by Gasteiger charge is -2.28. The Hall–Kier alpha value is -7.62. The van der Waals surface area contributed by atoms with Crippen molar-refractivity contribution in [3.05, 3.63) is 218 Å². The van der Waals surface area contributed by atoms with Crippen molar-refractivity contribution >= 4 is 60.8 Å². The average Bonchev–Trinajstić information content (AvgIpc) is 3.84. The molecule has 0 bridgehead atoms. The van der Waals surface area contributed by atoms with Crippen molar-refractivity contribution in [2.75, 3.05) is 4.90 Å². The highest BCUT2D eigenvalue weighted by Gasteiger charge is 2.22. The minimum Gasteiger partial charge on any atom is -0.455 e. The highest BCUT2D eigenvalue weighted by molar-refractivity contribution is 6.12. The van der Waals surface area contributed by atoms with E-state index in [2.05, 4.69) is 223 Å². The minimum absolute atomic E-state index is 0.872. The van der Waals surface area contributed by atoms with Crippen LogP contribution in [0.5, 0.6) is 0 Å². The third-order valence-electron chi connectivity index (χ3n) is 11.5. The van der Waals surface area contributed by atoms with Gasteiger partial charge in [0.1, 0.15) is 11.2 Å². The average molecular weight is 743 g/mol. The van der Waals surface area contributed by atoms with E-state index in [1.54, 1.807) is 0 Å². The number of rotatable bonds is 7. The summed E-state index contributed by atoms with van der Waals surface area (Å²) in [5.41, 5.74) is 16.5. The highest BCUT2D eigenvalue weighted by atomic mass is 16.3. The number of aromatic nitrogens is 1. The molecule has 2 aromatic heterocycles. The van der Waals surface area contributed by atoms with Gasteiger partial charge in [0, 0.05) is 49.9 Å². The van der Waals surface area contributed by atoms with Crippen LogP contribution in [0.25, 0.3) is 82.8 Å². The van der Waals surface area contributed by atoms with Gasteiger partial charge in [0.05, 0.1) is 11.0 Å². The Bertz CT molecular complexity index is 3230. The number of nitrogens with zero attached hydrogens (tertiary/aromatic N) is 2. The molecule has 0 aliphatic carbocycles. The molecule has 0 saturated carbocycles. The Labute approximate surface area is 337 Å². The monoisotopic (exact) mass is 742 g/mol. The largest absolute Gasteiger partial charge is 0.455 e. The summed E-state index contributed by atoms with van der Waals surface area (Å²) in [5.74, 6) is 0. The van der Waals surface area contributed by atoms with Gasteiger partial charge in [-0.3, -0.25) is 0 Å². The number of hydrogen-bond donors (Lipinski definition) is 0. The van der Waals surface area contributed by atoms with E-state index < -0.39 is 0 Å². The lowest BCUT2D eigenvalue weighted by atomic mass is 9.98. The first-order valence-corrected chi connectivity index (χ1v) is 19.8. The molecule has 0 saturated heterocycles. The van der Waals surface area contributed by atoms with Gasteiger partial charge in [-0.15, -0.1) is 0 Å². The Morgan fingerprint density at radius 2 is 0.966 bits per heavy atom. The van der Waals surface area contributed by atoms with Gasteiger partial charge in [0.2, 0.25) is 0 Å². The second-order valence-corrected chi connectivity index (χ2v) is 15.0. The molecule has 0 unspecified atom stereocenters. The second-order valence-electron chi connectivity index (χ2n) is 15.0. The zero-order valence-electron chi connectivity index (χ0n) is 32.0. The van der Waals surface area contributed by atoms with Crippen LogP contribution in [0.2, 0.25) is 0 Å². The fourth-order valence-electron chi connectivity index (χ4n) is 8.75. The molecule has 0 amide bonds. The quantitative estimate of drug-likeness (QED) is 0.162. The van der Waals surface area contributed by atoms with E-state index in [0.717, 1.165) is 55.8 Å². The van der Waals surface area contributed by atoms with Gasteiger partial charge in [0.15, 0.2) is 0 Å². The van der Waals surface area contributed by atoms with Crippen molar-refractivity contribution in [1.82, 2.24) is 4.57 Å². The van der Waals surface area contributed by atoms with Crippen molar-refractivity contribution in [3.8, 4) is 39.1 Å². The predicted molar refractivity (Wildman–Crippen MR) is 244 cm³/mol. The van der Waals surface area contributed by atoms with Gasteiger partial charge < -0.3 is 13.9 Å². The maximum atomic E-state index is 6.78. The molecule has 3 heteroatoms. The SMILES string of the molecule is Cc1cc(-c2ccccc2)ccc1N(c1ccc(-c2ccccc2)cc1)c1cc(-c2cccc(-n3c4ccccc4c4ccccc43)c2)c2oc3ccccc3c2c1. The molecule has 0 atom stereocenters. The molecule has 3 nitrogen and oxygen atoms in total. The Balaban J connectivity index is 1.14.